The molecule has 3 rings (SSSR count). The van der Waals surface area contributed by atoms with Crippen LogP contribution in [-0.4, -0.2) is 77.3 Å². The molecule has 2 heterocycles. The second-order valence-corrected chi connectivity index (χ2v) is 7.84. The minimum absolute atomic E-state index is 0.0214. The highest BCUT2D eigenvalue weighted by molar-refractivity contribution is 5.98. The molecule has 0 saturated carbocycles. The number of aliphatic hydroxyl groups excluding tert-OH is 1. The van der Waals surface area contributed by atoms with Gasteiger partial charge in [-0.2, -0.15) is 0 Å². The number of amides is 2. The minimum atomic E-state index is -0.770. The SMILES string of the molecule is COCCn1c(C)cc(C(=O)N2CC(=O)N(CCc3ccccc3)CC(O)C2)c1C. The summed E-state index contributed by atoms with van der Waals surface area (Å²) in [5.41, 5.74) is 3.53. The number of hydrogen-bond donors (Lipinski definition) is 1. The number of hydrogen-bond acceptors (Lipinski definition) is 4. The summed E-state index contributed by atoms with van der Waals surface area (Å²) in [6.45, 7) is 5.96. The Balaban J connectivity index is 1.70. The van der Waals surface area contributed by atoms with Crippen LogP contribution in [0.25, 0.3) is 0 Å². The lowest BCUT2D eigenvalue weighted by molar-refractivity contribution is -0.131. The van der Waals surface area contributed by atoms with Gasteiger partial charge in [0.1, 0.15) is 6.54 Å². The Morgan fingerprint density at radius 3 is 2.60 bits per heavy atom. The van der Waals surface area contributed by atoms with Gasteiger partial charge in [-0.05, 0) is 31.9 Å². The van der Waals surface area contributed by atoms with Crippen LogP contribution in [0, 0.1) is 13.8 Å². The zero-order valence-electron chi connectivity index (χ0n) is 18.0. The summed E-state index contributed by atoms with van der Waals surface area (Å²) in [4.78, 5) is 29.1. The third-order valence-corrected chi connectivity index (χ3v) is 5.66. The molecule has 1 aromatic carbocycles. The molecule has 7 heteroatoms. The Morgan fingerprint density at radius 1 is 1.17 bits per heavy atom. The van der Waals surface area contributed by atoms with Crippen molar-refractivity contribution in [3.05, 3.63) is 58.9 Å². The van der Waals surface area contributed by atoms with E-state index in [0.29, 0.717) is 31.7 Å². The summed E-state index contributed by atoms with van der Waals surface area (Å²) in [5, 5.41) is 10.5. The average Bonchev–Trinajstić information content (AvgIpc) is 2.92. The summed E-state index contributed by atoms with van der Waals surface area (Å²) < 4.78 is 7.19. The Bertz CT molecular complexity index is 878. The molecular weight excluding hydrogens is 382 g/mol. The molecule has 1 N–H and O–H groups in total. The first kappa shape index (κ1) is 22.1. The van der Waals surface area contributed by atoms with Crippen molar-refractivity contribution in [3.8, 4) is 0 Å². The van der Waals surface area contributed by atoms with Crippen molar-refractivity contribution in [2.24, 2.45) is 0 Å². The number of methoxy groups -OCH3 is 1. The van der Waals surface area contributed by atoms with E-state index in [4.69, 9.17) is 4.74 Å². The smallest absolute Gasteiger partial charge is 0.256 e. The number of β-amino-alcohol motifs (C(OH)–C–C–N with tert-alkyl or cyclic N) is 1. The van der Waals surface area contributed by atoms with Gasteiger partial charge in [-0.1, -0.05) is 30.3 Å². The topological polar surface area (TPSA) is 75.0 Å². The lowest BCUT2D eigenvalue weighted by Crippen LogP contribution is -2.40. The number of carbonyl (C=O) groups excluding carboxylic acids is 2. The number of aryl methyl sites for hydroxylation is 1. The summed E-state index contributed by atoms with van der Waals surface area (Å²) in [6, 6.07) is 11.8. The van der Waals surface area contributed by atoms with E-state index in [1.807, 2.05) is 54.8 Å². The van der Waals surface area contributed by atoms with Gasteiger partial charge < -0.3 is 24.2 Å². The molecule has 1 unspecified atom stereocenters. The highest BCUT2D eigenvalue weighted by Gasteiger charge is 2.31. The van der Waals surface area contributed by atoms with Crippen molar-refractivity contribution in [2.45, 2.75) is 32.9 Å². The normalized spacial score (nSPS) is 17.3. The zero-order valence-corrected chi connectivity index (χ0v) is 18.0. The molecule has 1 fully saturated rings. The standard InChI is InChI=1S/C23H31N3O4/c1-17-13-21(18(2)26(17)11-12-30-3)23(29)25-15-20(27)14-24(22(28)16-25)10-9-19-7-5-4-6-8-19/h4-8,13,20,27H,9-12,14-16H2,1-3H3. The van der Waals surface area contributed by atoms with Crippen LogP contribution in [0.1, 0.15) is 27.3 Å². The lowest BCUT2D eigenvalue weighted by atomic mass is 10.1. The van der Waals surface area contributed by atoms with Crippen molar-refractivity contribution in [2.75, 3.05) is 39.9 Å². The maximum Gasteiger partial charge on any atom is 0.256 e. The molecule has 2 aromatic rings. The molecule has 162 valence electrons. The lowest BCUT2D eigenvalue weighted by Gasteiger charge is -2.22. The Kier molecular flexibility index (Phi) is 7.29. The van der Waals surface area contributed by atoms with Crippen LogP contribution >= 0.6 is 0 Å². The zero-order chi connectivity index (χ0) is 21.7. The van der Waals surface area contributed by atoms with E-state index in [-0.39, 0.29) is 31.4 Å². The summed E-state index contributed by atoms with van der Waals surface area (Å²) in [6.07, 6.45) is -0.0541. The van der Waals surface area contributed by atoms with E-state index in [2.05, 4.69) is 0 Å². The van der Waals surface area contributed by atoms with Gasteiger partial charge in [0.05, 0.1) is 18.3 Å². The molecule has 1 aromatic heterocycles. The maximum atomic E-state index is 13.2. The van der Waals surface area contributed by atoms with Crippen molar-refractivity contribution in [3.63, 3.8) is 0 Å². The van der Waals surface area contributed by atoms with Gasteiger partial charge in [-0.15, -0.1) is 0 Å². The van der Waals surface area contributed by atoms with Crippen LogP contribution in [0.15, 0.2) is 36.4 Å². The predicted octanol–water partition coefficient (Wildman–Crippen LogP) is 1.64. The first-order valence-corrected chi connectivity index (χ1v) is 10.4. The first-order valence-electron chi connectivity index (χ1n) is 10.4. The average molecular weight is 414 g/mol. The molecule has 0 aliphatic carbocycles. The van der Waals surface area contributed by atoms with E-state index in [1.54, 1.807) is 12.0 Å². The van der Waals surface area contributed by atoms with Gasteiger partial charge in [0, 0.05) is 44.7 Å². The Hall–Kier alpha value is -2.64. The molecule has 1 atom stereocenters. The van der Waals surface area contributed by atoms with Gasteiger partial charge in [0.25, 0.3) is 5.91 Å². The van der Waals surface area contributed by atoms with Gasteiger partial charge in [-0.25, -0.2) is 0 Å². The molecule has 1 aliphatic rings. The number of carbonyl (C=O) groups is 2. The molecule has 1 saturated heterocycles. The minimum Gasteiger partial charge on any atom is -0.389 e. The van der Waals surface area contributed by atoms with E-state index in [9.17, 15) is 14.7 Å². The van der Waals surface area contributed by atoms with E-state index in [0.717, 1.165) is 17.0 Å². The summed E-state index contributed by atoms with van der Waals surface area (Å²) >= 11 is 0. The molecule has 7 nitrogen and oxygen atoms in total. The van der Waals surface area contributed by atoms with Crippen molar-refractivity contribution in [1.29, 1.82) is 0 Å². The number of ether oxygens (including phenoxy) is 1. The number of aromatic nitrogens is 1. The van der Waals surface area contributed by atoms with Crippen LogP contribution in [0.5, 0.6) is 0 Å². The van der Waals surface area contributed by atoms with Crippen LogP contribution in [0.3, 0.4) is 0 Å². The Morgan fingerprint density at radius 2 is 1.90 bits per heavy atom. The van der Waals surface area contributed by atoms with Crippen LogP contribution in [0.4, 0.5) is 0 Å². The quantitative estimate of drug-likeness (QED) is 0.749. The van der Waals surface area contributed by atoms with Gasteiger partial charge in [0.2, 0.25) is 5.91 Å². The van der Waals surface area contributed by atoms with Gasteiger partial charge in [0.15, 0.2) is 0 Å². The summed E-state index contributed by atoms with van der Waals surface area (Å²) in [7, 11) is 1.65. The second kappa shape index (κ2) is 9.91. The van der Waals surface area contributed by atoms with E-state index >= 15 is 0 Å². The highest BCUT2D eigenvalue weighted by atomic mass is 16.5. The fourth-order valence-corrected chi connectivity index (χ4v) is 3.99. The van der Waals surface area contributed by atoms with Crippen LogP contribution in [0.2, 0.25) is 0 Å². The number of benzene rings is 1. The molecule has 0 radical (unpaired) electrons. The maximum absolute atomic E-state index is 13.2. The molecule has 30 heavy (non-hydrogen) atoms. The van der Waals surface area contributed by atoms with E-state index < -0.39 is 6.10 Å². The van der Waals surface area contributed by atoms with Gasteiger partial charge in [-0.3, -0.25) is 9.59 Å². The number of rotatable bonds is 7. The molecule has 1 aliphatic heterocycles. The third-order valence-electron chi connectivity index (χ3n) is 5.66. The highest BCUT2D eigenvalue weighted by Crippen LogP contribution is 2.19. The second-order valence-electron chi connectivity index (χ2n) is 7.84. The van der Waals surface area contributed by atoms with Crippen LogP contribution < -0.4 is 0 Å². The predicted molar refractivity (Wildman–Crippen MR) is 114 cm³/mol. The third kappa shape index (κ3) is 5.09. The molecule has 0 bridgehead atoms. The first-order chi connectivity index (χ1) is 14.4. The Labute approximate surface area is 177 Å². The summed E-state index contributed by atoms with van der Waals surface area (Å²) in [5.74, 6) is -0.354. The number of nitrogens with zero attached hydrogens (tertiary/aromatic N) is 3. The van der Waals surface area contributed by atoms with Crippen molar-refractivity contribution >= 4 is 11.8 Å². The van der Waals surface area contributed by atoms with Crippen LogP contribution in [-0.2, 0) is 22.5 Å². The molecular formula is C23H31N3O4. The van der Waals surface area contributed by atoms with Crippen molar-refractivity contribution < 1.29 is 19.4 Å². The van der Waals surface area contributed by atoms with E-state index in [1.165, 1.54) is 4.90 Å². The van der Waals surface area contributed by atoms with Gasteiger partial charge >= 0.3 is 0 Å². The largest absolute Gasteiger partial charge is 0.389 e. The fraction of sp³-hybridized carbons (Fsp3) is 0.478. The molecule has 0 spiro atoms. The monoisotopic (exact) mass is 413 g/mol. The van der Waals surface area contributed by atoms with Crippen molar-refractivity contribution in [1.82, 2.24) is 14.4 Å². The number of aliphatic hydroxyl groups is 1. The molecule has 2 amide bonds. The fourth-order valence-electron chi connectivity index (χ4n) is 3.99.